The molecule has 1 heterocycles. The summed E-state index contributed by atoms with van der Waals surface area (Å²) in [6, 6.07) is 19.9. The SMILES string of the molecule is CC(C)N=P1(Oc2ccc(Cl)cc2)Nc2cccc3cccc(c23)N1. The van der Waals surface area contributed by atoms with Gasteiger partial charge in [0.1, 0.15) is 5.75 Å². The first kappa shape index (κ1) is 16.3. The van der Waals surface area contributed by atoms with Gasteiger partial charge in [0.25, 0.3) is 0 Å². The lowest BCUT2D eigenvalue weighted by Crippen LogP contribution is -2.18. The zero-order chi connectivity index (χ0) is 17.4. The summed E-state index contributed by atoms with van der Waals surface area (Å²) >= 11 is 5.99. The Morgan fingerprint density at radius 2 is 1.52 bits per heavy atom. The highest BCUT2D eigenvalue weighted by atomic mass is 35.5. The molecule has 6 heteroatoms. The summed E-state index contributed by atoms with van der Waals surface area (Å²) in [5.41, 5.74) is 2.08. The number of halogens is 1. The molecule has 25 heavy (non-hydrogen) atoms. The Morgan fingerprint density at radius 1 is 0.920 bits per heavy atom. The van der Waals surface area contributed by atoms with Crippen LogP contribution in [-0.2, 0) is 0 Å². The van der Waals surface area contributed by atoms with Gasteiger partial charge in [0.15, 0.2) is 0 Å². The molecule has 0 bridgehead atoms. The van der Waals surface area contributed by atoms with E-state index in [9.17, 15) is 0 Å². The van der Waals surface area contributed by atoms with Gasteiger partial charge in [-0.3, -0.25) is 0 Å². The smallest absolute Gasteiger partial charge is 0.327 e. The van der Waals surface area contributed by atoms with E-state index in [4.69, 9.17) is 20.9 Å². The topological polar surface area (TPSA) is 45.6 Å². The van der Waals surface area contributed by atoms with Gasteiger partial charge in [0, 0.05) is 16.5 Å². The predicted molar refractivity (Wildman–Crippen MR) is 108 cm³/mol. The molecule has 0 saturated heterocycles. The van der Waals surface area contributed by atoms with Gasteiger partial charge in [0.05, 0.1) is 11.4 Å². The summed E-state index contributed by atoms with van der Waals surface area (Å²) in [6.07, 6.45) is 0. The van der Waals surface area contributed by atoms with Crippen LogP contribution in [0, 0.1) is 0 Å². The van der Waals surface area contributed by atoms with Crippen molar-refractivity contribution in [2.24, 2.45) is 4.74 Å². The molecule has 1 aliphatic heterocycles. The van der Waals surface area contributed by atoms with Crippen molar-refractivity contribution in [2.75, 3.05) is 10.2 Å². The molecule has 4 rings (SSSR count). The Balaban J connectivity index is 1.83. The van der Waals surface area contributed by atoms with E-state index in [1.165, 1.54) is 10.8 Å². The fraction of sp³-hybridized carbons (Fsp3) is 0.158. The lowest BCUT2D eigenvalue weighted by atomic mass is 10.1. The summed E-state index contributed by atoms with van der Waals surface area (Å²) in [4.78, 5) is 0. The van der Waals surface area contributed by atoms with E-state index in [-0.39, 0.29) is 6.04 Å². The molecular weight excluding hydrogens is 353 g/mol. The van der Waals surface area contributed by atoms with Gasteiger partial charge in [-0.1, -0.05) is 35.9 Å². The first-order valence-corrected chi connectivity index (χ1v) is 10.2. The highest BCUT2D eigenvalue weighted by Crippen LogP contribution is 2.56. The Labute approximate surface area is 152 Å². The minimum Gasteiger partial charge on any atom is -0.428 e. The average Bonchev–Trinajstić information content (AvgIpc) is 2.56. The molecule has 0 amide bonds. The monoisotopic (exact) mass is 371 g/mol. The second-order valence-electron chi connectivity index (χ2n) is 6.26. The Bertz CT molecular complexity index is 941. The van der Waals surface area contributed by atoms with Crippen LogP contribution in [0.1, 0.15) is 13.8 Å². The Hall–Kier alpha value is -2.16. The van der Waals surface area contributed by atoms with Crippen molar-refractivity contribution in [3.63, 3.8) is 0 Å². The maximum atomic E-state index is 6.36. The van der Waals surface area contributed by atoms with E-state index in [1.54, 1.807) is 0 Å². The fourth-order valence-electron chi connectivity index (χ4n) is 2.98. The van der Waals surface area contributed by atoms with Crippen molar-refractivity contribution in [1.82, 2.24) is 0 Å². The van der Waals surface area contributed by atoms with Crippen LogP contribution in [0.2, 0.25) is 5.02 Å². The molecule has 0 spiro atoms. The molecule has 4 nitrogen and oxygen atoms in total. The number of hydrogen-bond donors (Lipinski definition) is 2. The zero-order valence-corrected chi connectivity index (χ0v) is 15.7. The largest absolute Gasteiger partial charge is 0.428 e. The lowest BCUT2D eigenvalue weighted by Gasteiger charge is -2.33. The number of rotatable bonds is 3. The number of anilines is 2. The number of nitrogens with zero attached hydrogens (tertiary/aromatic N) is 1. The molecule has 0 saturated carbocycles. The molecule has 0 aliphatic carbocycles. The second kappa shape index (κ2) is 6.29. The fourth-order valence-corrected chi connectivity index (χ4v) is 5.52. The van der Waals surface area contributed by atoms with Crippen LogP contribution in [0.3, 0.4) is 0 Å². The van der Waals surface area contributed by atoms with Crippen LogP contribution in [0.5, 0.6) is 5.75 Å². The zero-order valence-electron chi connectivity index (χ0n) is 14.0. The van der Waals surface area contributed by atoms with Gasteiger partial charge in [-0.15, -0.1) is 0 Å². The van der Waals surface area contributed by atoms with Crippen molar-refractivity contribution in [3.05, 3.63) is 65.7 Å². The summed E-state index contributed by atoms with van der Waals surface area (Å²) in [5, 5.41) is 10.1. The number of nitrogens with one attached hydrogen (secondary N) is 2. The summed E-state index contributed by atoms with van der Waals surface area (Å²) in [7, 11) is -2.49. The molecule has 0 atom stereocenters. The summed E-state index contributed by atoms with van der Waals surface area (Å²) in [6.45, 7) is 4.11. The highest BCUT2D eigenvalue weighted by Gasteiger charge is 2.29. The van der Waals surface area contributed by atoms with Crippen LogP contribution in [0.25, 0.3) is 10.8 Å². The third kappa shape index (κ3) is 3.20. The summed E-state index contributed by atoms with van der Waals surface area (Å²) in [5.74, 6) is 0.730. The van der Waals surface area contributed by atoms with E-state index in [1.807, 2.05) is 36.4 Å². The first-order valence-electron chi connectivity index (χ1n) is 8.20. The average molecular weight is 372 g/mol. The molecule has 3 aromatic rings. The van der Waals surface area contributed by atoms with Crippen molar-refractivity contribution in [3.8, 4) is 5.75 Å². The number of hydrogen-bond acceptors (Lipinski definition) is 2. The molecule has 0 aromatic heterocycles. The van der Waals surface area contributed by atoms with Gasteiger partial charge in [-0.25, -0.2) is 4.74 Å². The van der Waals surface area contributed by atoms with Crippen LogP contribution in [-0.4, -0.2) is 6.04 Å². The molecular formula is C19H19ClN3OP. The van der Waals surface area contributed by atoms with E-state index < -0.39 is 7.58 Å². The van der Waals surface area contributed by atoms with Crippen LogP contribution < -0.4 is 14.7 Å². The second-order valence-corrected chi connectivity index (χ2v) is 8.71. The standard InChI is InChI=1S/C19H19ClN3OP/c1-13(2)21-25(24-16-11-9-15(20)10-12-16)22-17-7-3-5-14-6-4-8-18(23-25)19(14)17/h3-13,22-23H,1-2H3. The van der Waals surface area contributed by atoms with Gasteiger partial charge < -0.3 is 14.7 Å². The molecule has 0 fully saturated rings. The Kier molecular flexibility index (Phi) is 4.10. The highest BCUT2D eigenvalue weighted by molar-refractivity contribution is 7.65. The molecule has 0 unspecified atom stereocenters. The maximum Gasteiger partial charge on any atom is 0.327 e. The third-order valence-corrected chi connectivity index (χ3v) is 6.50. The van der Waals surface area contributed by atoms with Crippen molar-refractivity contribution >= 4 is 41.3 Å². The lowest BCUT2D eigenvalue weighted by molar-refractivity contribution is 0.604. The minimum atomic E-state index is -2.49. The normalized spacial score (nSPS) is 14.7. The van der Waals surface area contributed by atoms with E-state index >= 15 is 0 Å². The Morgan fingerprint density at radius 3 is 2.08 bits per heavy atom. The van der Waals surface area contributed by atoms with Gasteiger partial charge >= 0.3 is 7.58 Å². The predicted octanol–water partition coefficient (Wildman–Crippen LogP) is 6.76. The minimum absolute atomic E-state index is 0.116. The third-order valence-electron chi connectivity index (χ3n) is 3.89. The molecule has 1 aliphatic rings. The van der Waals surface area contributed by atoms with E-state index in [2.05, 4.69) is 48.3 Å². The molecule has 0 radical (unpaired) electrons. The molecule has 2 N–H and O–H groups in total. The quantitative estimate of drug-likeness (QED) is 0.499. The first-order chi connectivity index (χ1) is 12.0. The maximum absolute atomic E-state index is 6.36. The number of benzene rings is 3. The van der Waals surface area contributed by atoms with Crippen LogP contribution >= 0.6 is 19.2 Å². The molecule has 128 valence electrons. The van der Waals surface area contributed by atoms with E-state index in [0.29, 0.717) is 5.02 Å². The molecule has 3 aromatic carbocycles. The van der Waals surface area contributed by atoms with Crippen molar-refractivity contribution in [1.29, 1.82) is 0 Å². The van der Waals surface area contributed by atoms with Crippen LogP contribution in [0.4, 0.5) is 11.4 Å². The van der Waals surface area contributed by atoms with E-state index in [0.717, 1.165) is 17.1 Å². The van der Waals surface area contributed by atoms with Crippen molar-refractivity contribution < 1.29 is 4.52 Å². The van der Waals surface area contributed by atoms with Crippen molar-refractivity contribution in [2.45, 2.75) is 19.9 Å². The van der Waals surface area contributed by atoms with Gasteiger partial charge in [0.2, 0.25) is 0 Å². The summed E-state index contributed by atoms with van der Waals surface area (Å²) < 4.78 is 11.3. The van der Waals surface area contributed by atoms with Gasteiger partial charge in [-0.2, -0.15) is 0 Å². The van der Waals surface area contributed by atoms with Gasteiger partial charge in [-0.05, 0) is 55.6 Å². The van der Waals surface area contributed by atoms with Crippen LogP contribution in [0.15, 0.2) is 65.4 Å².